The van der Waals surface area contributed by atoms with Crippen molar-refractivity contribution in [3.8, 4) is 0 Å². The highest BCUT2D eigenvalue weighted by molar-refractivity contribution is 7.11. The van der Waals surface area contributed by atoms with Crippen molar-refractivity contribution in [3.05, 3.63) is 68.6 Å². The van der Waals surface area contributed by atoms with Gasteiger partial charge in [-0.15, -0.1) is 22.7 Å². The lowest BCUT2D eigenvalue weighted by atomic mass is 10.0. The number of benzene rings is 1. The minimum Gasteiger partial charge on any atom is -0.384 e. The van der Waals surface area contributed by atoms with E-state index in [9.17, 15) is 9.90 Å². The summed E-state index contributed by atoms with van der Waals surface area (Å²) < 4.78 is 0. The predicted molar refractivity (Wildman–Crippen MR) is 95.3 cm³/mol. The molecule has 0 radical (unpaired) electrons. The van der Waals surface area contributed by atoms with Crippen LogP contribution in [-0.4, -0.2) is 27.0 Å². The molecule has 0 aliphatic rings. The molecule has 0 aliphatic heterocycles. The molecule has 0 saturated carbocycles. The molecule has 3 rings (SSSR count). The number of nitrogens with one attached hydrogen (secondary N) is 1. The summed E-state index contributed by atoms with van der Waals surface area (Å²) in [6, 6.07) is 9.31. The number of thiazole rings is 2. The van der Waals surface area contributed by atoms with E-state index in [-0.39, 0.29) is 5.91 Å². The molecule has 0 fully saturated rings. The van der Waals surface area contributed by atoms with Gasteiger partial charge >= 0.3 is 0 Å². The summed E-state index contributed by atoms with van der Waals surface area (Å²) in [6.45, 7) is 1.80. The number of aliphatic hydroxyl groups is 1. The van der Waals surface area contributed by atoms with Crippen molar-refractivity contribution in [2.75, 3.05) is 0 Å². The fraction of sp³-hybridized carbons (Fsp3) is 0.235. The van der Waals surface area contributed by atoms with Crippen LogP contribution in [0.15, 0.2) is 47.4 Å². The highest BCUT2D eigenvalue weighted by atomic mass is 32.1. The first-order valence-electron chi connectivity index (χ1n) is 7.47. The third kappa shape index (κ3) is 3.87. The Kier molecular flexibility index (Phi) is 5.34. The van der Waals surface area contributed by atoms with Gasteiger partial charge in [-0.25, -0.2) is 9.97 Å². The SMILES string of the molecule is Cc1ncsc1C(=O)N[C@H](Cc1ccccc1)[C@@H](O)c1nccs1. The summed E-state index contributed by atoms with van der Waals surface area (Å²) >= 11 is 2.67. The van der Waals surface area contributed by atoms with Crippen molar-refractivity contribution in [2.24, 2.45) is 0 Å². The van der Waals surface area contributed by atoms with E-state index in [0.29, 0.717) is 22.0 Å². The fourth-order valence-electron chi connectivity index (χ4n) is 2.42. The van der Waals surface area contributed by atoms with E-state index in [1.165, 1.54) is 22.7 Å². The minimum absolute atomic E-state index is 0.216. The van der Waals surface area contributed by atoms with Crippen molar-refractivity contribution < 1.29 is 9.90 Å². The Bertz CT molecular complexity index is 787. The molecule has 0 spiro atoms. The van der Waals surface area contributed by atoms with Crippen molar-refractivity contribution in [1.82, 2.24) is 15.3 Å². The van der Waals surface area contributed by atoms with Crippen LogP contribution >= 0.6 is 22.7 Å². The molecule has 1 aromatic carbocycles. The number of carbonyl (C=O) groups is 1. The molecule has 0 unspecified atom stereocenters. The summed E-state index contributed by atoms with van der Waals surface area (Å²) in [5, 5.41) is 16.0. The smallest absolute Gasteiger partial charge is 0.263 e. The average Bonchev–Trinajstić information content (AvgIpc) is 3.26. The number of hydrogen-bond donors (Lipinski definition) is 2. The number of hydrogen-bond acceptors (Lipinski definition) is 6. The average molecular weight is 359 g/mol. The molecule has 1 amide bonds. The molecule has 2 atom stereocenters. The van der Waals surface area contributed by atoms with Gasteiger partial charge in [-0.1, -0.05) is 30.3 Å². The Labute approximate surface area is 148 Å². The van der Waals surface area contributed by atoms with Crippen LogP contribution in [0.3, 0.4) is 0 Å². The summed E-state index contributed by atoms with van der Waals surface area (Å²) in [5.41, 5.74) is 3.38. The highest BCUT2D eigenvalue weighted by Crippen LogP contribution is 2.23. The number of aromatic nitrogens is 2. The zero-order chi connectivity index (χ0) is 16.9. The zero-order valence-corrected chi connectivity index (χ0v) is 14.7. The second kappa shape index (κ2) is 7.65. The van der Waals surface area contributed by atoms with Crippen molar-refractivity contribution in [1.29, 1.82) is 0 Å². The van der Waals surface area contributed by atoms with E-state index in [1.807, 2.05) is 35.7 Å². The molecule has 7 heteroatoms. The third-order valence-electron chi connectivity index (χ3n) is 3.65. The number of nitrogens with zero attached hydrogens (tertiary/aromatic N) is 2. The number of aryl methyl sites for hydroxylation is 1. The van der Waals surface area contributed by atoms with Crippen molar-refractivity contribution in [2.45, 2.75) is 25.5 Å². The first-order valence-corrected chi connectivity index (χ1v) is 9.23. The van der Waals surface area contributed by atoms with Crippen LogP contribution in [0.2, 0.25) is 0 Å². The number of rotatable bonds is 6. The summed E-state index contributed by atoms with van der Waals surface area (Å²) in [4.78, 5) is 21.4. The molecular weight excluding hydrogens is 342 g/mol. The van der Waals surface area contributed by atoms with Gasteiger partial charge < -0.3 is 10.4 Å². The molecule has 2 heterocycles. The lowest BCUT2D eigenvalue weighted by molar-refractivity contribution is 0.0835. The van der Waals surface area contributed by atoms with E-state index in [4.69, 9.17) is 0 Å². The van der Waals surface area contributed by atoms with Gasteiger partial charge in [-0.05, 0) is 18.9 Å². The van der Waals surface area contributed by atoms with Gasteiger partial charge in [0.2, 0.25) is 0 Å². The van der Waals surface area contributed by atoms with Crippen LogP contribution in [0, 0.1) is 6.92 Å². The van der Waals surface area contributed by atoms with Gasteiger partial charge in [-0.3, -0.25) is 4.79 Å². The van der Waals surface area contributed by atoms with Crippen LogP contribution < -0.4 is 5.32 Å². The topological polar surface area (TPSA) is 75.1 Å². The van der Waals surface area contributed by atoms with Crippen LogP contribution in [0.25, 0.3) is 0 Å². The monoisotopic (exact) mass is 359 g/mol. The zero-order valence-electron chi connectivity index (χ0n) is 13.0. The maximum atomic E-state index is 12.5. The Morgan fingerprint density at radius 2 is 2.04 bits per heavy atom. The van der Waals surface area contributed by atoms with Gasteiger partial charge in [0.05, 0.1) is 17.2 Å². The maximum absolute atomic E-state index is 12.5. The normalized spacial score (nSPS) is 13.4. The Morgan fingerprint density at radius 3 is 2.67 bits per heavy atom. The molecule has 2 N–H and O–H groups in total. The van der Waals surface area contributed by atoms with Crippen LogP contribution in [0.4, 0.5) is 0 Å². The standard InChI is InChI=1S/C17H17N3O2S2/c1-11-15(24-10-19-11)16(22)20-13(9-12-5-3-2-4-6-12)14(21)17-18-7-8-23-17/h2-8,10,13-14,21H,9H2,1H3,(H,20,22)/t13-,14-/m1/s1. The molecule has 0 saturated heterocycles. The molecule has 5 nitrogen and oxygen atoms in total. The Morgan fingerprint density at radius 1 is 1.25 bits per heavy atom. The predicted octanol–water partition coefficient (Wildman–Crippen LogP) is 2.98. The second-order valence-electron chi connectivity index (χ2n) is 5.35. The summed E-state index contributed by atoms with van der Waals surface area (Å²) in [7, 11) is 0. The van der Waals surface area contributed by atoms with Crippen LogP contribution in [-0.2, 0) is 6.42 Å². The number of carbonyl (C=O) groups excluding carboxylic acids is 1. The minimum atomic E-state index is -0.859. The van der Waals surface area contributed by atoms with Crippen LogP contribution in [0.5, 0.6) is 0 Å². The van der Waals surface area contributed by atoms with E-state index in [0.717, 1.165) is 5.56 Å². The Hall–Kier alpha value is -2.09. The second-order valence-corrected chi connectivity index (χ2v) is 7.13. The summed E-state index contributed by atoms with van der Waals surface area (Å²) in [5.74, 6) is -0.216. The highest BCUT2D eigenvalue weighted by Gasteiger charge is 2.26. The van der Waals surface area contributed by atoms with Gasteiger partial charge in [-0.2, -0.15) is 0 Å². The lowest BCUT2D eigenvalue weighted by Crippen LogP contribution is -2.41. The third-order valence-corrected chi connectivity index (χ3v) is 5.43. The molecule has 0 bridgehead atoms. The van der Waals surface area contributed by atoms with Gasteiger partial charge in [0.25, 0.3) is 5.91 Å². The van der Waals surface area contributed by atoms with Crippen molar-refractivity contribution >= 4 is 28.6 Å². The largest absolute Gasteiger partial charge is 0.384 e. The molecule has 124 valence electrons. The first kappa shape index (κ1) is 16.8. The number of amides is 1. The fourth-order valence-corrected chi connectivity index (χ4v) is 3.81. The van der Waals surface area contributed by atoms with E-state index < -0.39 is 12.1 Å². The molecule has 3 aromatic rings. The first-order chi connectivity index (χ1) is 11.6. The van der Waals surface area contributed by atoms with Crippen LogP contribution in [0.1, 0.15) is 32.0 Å². The molecule has 24 heavy (non-hydrogen) atoms. The van der Waals surface area contributed by atoms with Gasteiger partial charge in [0, 0.05) is 11.6 Å². The van der Waals surface area contributed by atoms with E-state index >= 15 is 0 Å². The molecule has 0 aliphatic carbocycles. The molecule has 2 aromatic heterocycles. The van der Waals surface area contributed by atoms with E-state index in [1.54, 1.807) is 18.6 Å². The van der Waals surface area contributed by atoms with E-state index in [2.05, 4.69) is 15.3 Å². The molecular formula is C17H17N3O2S2. The van der Waals surface area contributed by atoms with Gasteiger partial charge in [0.1, 0.15) is 16.0 Å². The lowest BCUT2D eigenvalue weighted by Gasteiger charge is -2.23. The number of aliphatic hydroxyl groups excluding tert-OH is 1. The quantitative estimate of drug-likeness (QED) is 0.709. The summed E-state index contributed by atoms with van der Waals surface area (Å²) in [6.07, 6.45) is 1.31. The maximum Gasteiger partial charge on any atom is 0.263 e. The van der Waals surface area contributed by atoms with Crippen molar-refractivity contribution in [3.63, 3.8) is 0 Å². The Balaban J connectivity index is 1.81. The van der Waals surface area contributed by atoms with Gasteiger partial charge in [0.15, 0.2) is 0 Å².